The summed E-state index contributed by atoms with van der Waals surface area (Å²) in [6, 6.07) is 0. The molecule has 0 rings (SSSR count). The van der Waals surface area contributed by atoms with Crippen LogP contribution in [0.25, 0.3) is 0 Å². The molecule has 0 saturated carbocycles. The molecule has 0 aliphatic rings. The fraction of sp³-hybridized carbons (Fsp3) is 1.00. The minimum atomic E-state index is -0.856. The first kappa shape index (κ1) is 7.10. The van der Waals surface area contributed by atoms with Crippen LogP contribution in [-0.4, -0.2) is 12.8 Å². The molecule has 0 aromatic heterocycles. The first-order valence-corrected chi connectivity index (χ1v) is 4.55. The minimum Gasteiger partial charge on any atom is -0.287 e. The smallest absolute Gasteiger partial charge is 0.0686 e. The molecular formula is C5H12OP. The number of hydrogen-bond donors (Lipinski definition) is 0. The number of hydrogen-bond acceptors (Lipinski definition) is 1. The highest BCUT2D eigenvalue weighted by Crippen LogP contribution is 2.14. The molecule has 0 aromatic carbocycles. The topological polar surface area (TPSA) is 17.1 Å². The Balaban J connectivity index is 2.82. The Hall–Kier alpha value is 0.100. The second-order valence-electron chi connectivity index (χ2n) is 1.71. The zero-order chi connectivity index (χ0) is 5.70. The molecule has 2 heteroatoms. The standard InChI is InChI=1S/C5H12OP/c1-3-4-5-7(2)6/h3-5H2,1-2H3. The van der Waals surface area contributed by atoms with E-state index in [1.165, 1.54) is 0 Å². The Morgan fingerprint density at radius 1 is 1.57 bits per heavy atom. The molecule has 1 radical (unpaired) electrons. The molecule has 43 valence electrons. The van der Waals surface area contributed by atoms with E-state index in [1.807, 2.05) is 0 Å². The second kappa shape index (κ2) is 4.26. The van der Waals surface area contributed by atoms with E-state index >= 15 is 0 Å². The van der Waals surface area contributed by atoms with E-state index in [0.29, 0.717) is 0 Å². The summed E-state index contributed by atoms with van der Waals surface area (Å²) < 4.78 is 10.4. The molecular weight excluding hydrogens is 107 g/mol. The lowest BCUT2D eigenvalue weighted by Gasteiger charge is -1.87. The van der Waals surface area contributed by atoms with Crippen LogP contribution in [0.15, 0.2) is 0 Å². The molecule has 1 unspecified atom stereocenters. The lowest BCUT2D eigenvalue weighted by molar-refractivity contribution is 0.589. The summed E-state index contributed by atoms with van der Waals surface area (Å²) >= 11 is 0. The predicted molar refractivity (Wildman–Crippen MR) is 33.3 cm³/mol. The van der Waals surface area contributed by atoms with E-state index in [2.05, 4.69) is 6.92 Å². The van der Waals surface area contributed by atoms with Gasteiger partial charge in [0, 0.05) is 12.8 Å². The van der Waals surface area contributed by atoms with Crippen LogP contribution in [0.4, 0.5) is 0 Å². The minimum absolute atomic E-state index is 0.856. The first-order valence-electron chi connectivity index (χ1n) is 2.65. The van der Waals surface area contributed by atoms with Crippen molar-refractivity contribution < 1.29 is 4.57 Å². The van der Waals surface area contributed by atoms with E-state index < -0.39 is 7.80 Å². The quantitative estimate of drug-likeness (QED) is 0.520. The lowest BCUT2D eigenvalue weighted by Crippen LogP contribution is -1.72. The van der Waals surface area contributed by atoms with Gasteiger partial charge in [0.15, 0.2) is 0 Å². The van der Waals surface area contributed by atoms with Crippen LogP contribution < -0.4 is 0 Å². The maximum absolute atomic E-state index is 10.4. The van der Waals surface area contributed by atoms with Crippen molar-refractivity contribution in [3.8, 4) is 0 Å². The first-order chi connectivity index (χ1) is 3.27. The van der Waals surface area contributed by atoms with Crippen LogP contribution >= 0.6 is 7.80 Å². The van der Waals surface area contributed by atoms with Gasteiger partial charge in [0.25, 0.3) is 0 Å². The predicted octanol–water partition coefficient (Wildman–Crippen LogP) is 2.24. The summed E-state index contributed by atoms with van der Waals surface area (Å²) in [6.07, 6.45) is 3.19. The van der Waals surface area contributed by atoms with Crippen molar-refractivity contribution >= 4 is 7.80 Å². The van der Waals surface area contributed by atoms with Crippen molar-refractivity contribution in [3.05, 3.63) is 0 Å². The highest BCUT2D eigenvalue weighted by atomic mass is 31.1. The van der Waals surface area contributed by atoms with Crippen LogP contribution in [0.1, 0.15) is 19.8 Å². The Kier molecular flexibility index (Phi) is 4.32. The molecule has 0 aromatic rings. The monoisotopic (exact) mass is 119 g/mol. The third kappa shape index (κ3) is 6.10. The summed E-state index contributed by atoms with van der Waals surface area (Å²) in [7, 11) is -0.856. The molecule has 0 fully saturated rings. The molecule has 1 nitrogen and oxygen atoms in total. The third-order valence-electron chi connectivity index (χ3n) is 0.827. The molecule has 0 aliphatic carbocycles. The molecule has 0 N–H and O–H groups in total. The number of unbranched alkanes of at least 4 members (excludes halogenated alkanes) is 1. The van der Waals surface area contributed by atoms with Gasteiger partial charge in [-0.1, -0.05) is 13.3 Å². The van der Waals surface area contributed by atoms with Crippen LogP contribution in [0, 0.1) is 0 Å². The van der Waals surface area contributed by atoms with Crippen molar-refractivity contribution in [2.24, 2.45) is 0 Å². The summed E-state index contributed by atoms with van der Waals surface area (Å²) in [6.45, 7) is 3.89. The fourth-order valence-electron chi connectivity index (χ4n) is 0.381. The van der Waals surface area contributed by atoms with Crippen LogP contribution in [-0.2, 0) is 4.57 Å². The summed E-state index contributed by atoms with van der Waals surface area (Å²) in [5.41, 5.74) is 0. The van der Waals surface area contributed by atoms with Crippen molar-refractivity contribution in [1.82, 2.24) is 0 Å². The molecule has 0 bridgehead atoms. The second-order valence-corrected chi connectivity index (χ2v) is 3.41. The maximum atomic E-state index is 10.4. The van der Waals surface area contributed by atoms with Crippen LogP contribution in [0.2, 0.25) is 0 Å². The van der Waals surface area contributed by atoms with Gasteiger partial charge in [0.1, 0.15) is 0 Å². The summed E-state index contributed by atoms with van der Waals surface area (Å²) in [5.74, 6) is 0. The van der Waals surface area contributed by atoms with Gasteiger partial charge >= 0.3 is 0 Å². The molecule has 0 heterocycles. The van der Waals surface area contributed by atoms with Crippen molar-refractivity contribution in [2.75, 3.05) is 12.8 Å². The largest absolute Gasteiger partial charge is 0.287 e. The van der Waals surface area contributed by atoms with Crippen molar-refractivity contribution in [3.63, 3.8) is 0 Å². The van der Waals surface area contributed by atoms with Crippen LogP contribution in [0.5, 0.6) is 0 Å². The van der Waals surface area contributed by atoms with Gasteiger partial charge in [-0.15, -0.1) is 0 Å². The van der Waals surface area contributed by atoms with E-state index in [-0.39, 0.29) is 0 Å². The van der Waals surface area contributed by atoms with Crippen molar-refractivity contribution in [2.45, 2.75) is 19.8 Å². The molecule has 0 aliphatic heterocycles. The van der Waals surface area contributed by atoms with E-state index in [9.17, 15) is 4.57 Å². The van der Waals surface area contributed by atoms with Gasteiger partial charge in [-0.3, -0.25) is 4.57 Å². The Labute approximate surface area is 45.9 Å². The molecule has 7 heavy (non-hydrogen) atoms. The van der Waals surface area contributed by atoms with E-state index in [0.717, 1.165) is 19.0 Å². The van der Waals surface area contributed by atoms with Crippen LogP contribution in [0.3, 0.4) is 0 Å². The number of rotatable bonds is 3. The highest BCUT2D eigenvalue weighted by molar-refractivity contribution is 7.43. The van der Waals surface area contributed by atoms with Gasteiger partial charge < -0.3 is 0 Å². The average molecular weight is 119 g/mol. The molecule has 0 saturated heterocycles. The van der Waals surface area contributed by atoms with Gasteiger partial charge in [-0.05, 0) is 6.42 Å². The van der Waals surface area contributed by atoms with Gasteiger partial charge in [-0.25, -0.2) is 0 Å². The Morgan fingerprint density at radius 2 is 2.14 bits per heavy atom. The molecule has 1 atom stereocenters. The molecule has 0 spiro atoms. The average Bonchev–Trinajstić information content (AvgIpc) is 1.61. The van der Waals surface area contributed by atoms with E-state index in [1.54, 1.807) is 6.66 Å². The van der Waals surface area contributed by atoms with Gasteiger partial charge in [0.05, 0.1) is 7.80 Å². The Bertz CT molecular complexity index is 61.1. The SMILES string of the molecule is CCCC[P](C)=O. The third-order valence-corrected chi connectivity index (χ3v) is 1.77. The fourth-order valence-corrected chi connectivity index (χ4v) is 1.14. The lowest BCUT2D eigenvalue weighted by atomic mass is 10.4. The summed E-state index contributed by atoms with van der Waals surface area (Å²) in [5, 5.41) is 0. The Morgan fingerprint density at radius 3 is 2.29 bits per heavy atom. The van der Waals surface area contributed by atoms with Gasteiger partial charge in [-0.2, -0.15) is 0 Å². The highest BCUT2D eigenvalue weighted by Gasteiger charge is 1.86. The van der Waals surface area contributed by atoms with Gasteiger partial charge in [0.2, 0.25) is 0 Å². The maximum Gasteiger partial charge on any atom is 0.0686 e. The van der Waals surface area contributed by atoms with E-state index in [4.69, 9.17) is 0 Å². The zero-order valence-electron chi connectivity index (χ0n) is 4.98. The van der Waals surface area contributed by atoms with Crippen molar-refractivity contribution in [1.29, 1.82) is 0 Å². The molecule has 0 amide bonds. The normalized spacial score (nSPS) is 11.4. The zero-order valence-corrected chi connectivity index (χ0v) is 5.87. The summed E-state index contributed by atoms with van der Waals surface area (Å²) in [4.78, 5) is 0.